The summed E-state index contributed by atoms with van der Waals surface area (Å²) in [5.41, 5.74) is 7.49. The summed E-state index contributed by atoms with van der Waals surface area (Å²) in [6, 6.07) is 8.17. The topological polar surface area (TPSA) is 38.5 Å². The Kier molecular flexibility index (Phi) is 4.83. The lowest BCUT2D eigenvalue weighted by Crippen LogP contribution is -2.55. The van der Waals surface area contributed by atoms with Gasteiger partial charge in [-0.3, -0.25) is 4.90 Å². The van der Waals surface area contributed by atoms with Crippen LogP contribution in [0.5, 0.6) is 5.75 Å². The van der Waals surface area contributed by atoms with Gasteiger partial charge in [0.25, 0.3) is 0 Å². The highest BCUT2D eigenvalue weighted by Crippen LogP contribution is 2.25. The van der Waals surface area contributed by atoms with Crippen molar-refractivity contribution in [2.24, 2.45) is 5.73 Å². The number of nitrogens with zero attached hydrogens (tertiary/aromatic N) is 1. The summed E-state index contributed by atoms with van der Waals surface area (Å²) < 4.78 is 5.43. The molecule has 1 heterocycles. The van der Waals surface area contributed by atoms with E-state index in [4.69, 9.17) is 10.5 Å². The lowest BCUT2D eigenvalue weighted by atomic mass is 9.99. The van der Waals surface area contributed by atoms with Crippen LogP contribution in [-0.2, 0) is 6.42 Å². The molecule has 0 aromatic heterocycles. The number of rotatable bonds is 4. The Hall–Kier alpha value is -1.06. The zero-order valence-electron chi connectivity index (χ0n) is 12.2. The number of likely N-dealkylation sites (tertiary alicyclic amines) is 1. The van der Waals surface area contributed by atoms with Crippen molar-refractivity contribution in [3.8, 4) is 5.75 Å². The van der Waals surface area contributed by atoms with E-state index in [1.807, 2.05) is 12.1 Å². The summed E-state index contributed by atoms with van der Waals surface area (Å²) >= 11 is 0. The Morgan fingerprint density at radius 3 is 2.42 bits per heavy atom. The number of nitrogens with two attached hydrogens (primary N) is 1. The molecule has 0 aliphatic carbocycles. The van der Waals surface area contributed by atoms with Gasteiger partial charge in [-0.15, -0.1) is 0 Å². The van der Waals surface area contributed by atoms with E-state index >= 15 is 0 Å². The zero-order valence-corrected chi connectivity index (χ0v) is 12.2. The van der Waals surface area contributed by atoms with Gasteiger partial charge in [0, 0.05) is 6.42 Å². The Morgan fingerprint density at radius 2 is 1.79 bits per heavy atom. The molecule has 2 rings (SSSR count). The molecule has 1 aliphatic rings. The molecule has 1 aliphatic heterocycles. The maximum absolute atomic E-state index is 6.59. The molecule has 3 nitrogen and oxygen atoms in total. The summed E-state index contributed by atoms with van der Waals surface area (Å²) in [6.07, 6.45) is 6.02. The van der Waals surface area contributed by atoms with Crippen LogP contribution in [-0.4, -0.2) is 30.8 Å². The first-order chi connectivity index (χ1) is 9.13. The van der Waals surface area contributed by atoms with Gasteiger partial charge in [-0.05, 0) is 44.5 Å². The Bertz CT molecular complexity index is 395. The summed E-state index contributed by atoms with van der Waals surface area (Å²) in [4.78, 5) is 2.44. The predicted octanol–water partition coefficient (Wildman–Crippen LogP) is 2.79. The fraction of sp³-hybridized carbons (Fsp3) is 0.625. The van der Waals surface area contributed by atoms with Gasteiger partial charge in [-0.1, -0.05) is 31.0 Å². The molecule has 0 bridgehead atoms. The van der Waals surface area contributed by atoms with E-state index in [0.717, 1.165) is 25.3 Å². The third-order valence-corrected chi connectivity index (χ3v) is 4.07. The van der Waals surface area contributed by atoms with E-state index < -0.39 is 0 Å². The van der Waals surface area contributed by atoms with Crippen molar-refractivity contribution in [3.05, 3.63) is 29.8 Å². The maximum Gasteiger partial charge on any atom is 0.122 e. The molecule has 0 saturated carbocycles. The number of hydrogen-bond acceptors (Lipinski definition) is 3. The van der Waals surface area contributed by atoms with E-state index in [2.05, 4.69) is 24.0 Å². The SMILES string of the molecule is COc1ccccc1CC(C)(N)N1CCCCCC1. The van der Waals surface area contributed by atoms with Crippen LogP contribution >= 0.6 is 0 Å². The van der Waals surface area contributed by atoms with E-state index in [9.17, 15) is 0 Å². The fourth-order valence-electron chi connectivity index (χ4n) is 2.93. The van der Waals surface area contributed by atoms with Gasteiger partial charge in [0.15, 0.2) is 0 Å². The van der Waals surface area contributed by atoms with E-state index in [0.29, 0.717) is 0 Å². The van der Waals surface area contributed by atoms with Crippen molar-refractivity contribution in [1.82, 2.24) is 4.90 Å². The number of benzene rings is 1. The summed E-state index contributed by atoms with van der Waals surface area (Å²) in [5.74, 6) is 0.939. The highest BCUT2D eigenvalue weighted by Gasteiger charge is 2.28. The van der Waals surface area contributed by atoms with Crippen molar-refractivity contribution in [3.63, 3.8) is 0 Å². The Balaban J connectivity index is 2.10. The summed E-state index contributed by atoms with van der Waals surface area (Å²) in [6.45, 7) is 4.37. The van der Waals surface area contributed by atoms with Crippen LogP contribution < -0.4 is 10.5 Å². The van der Waals surface area contributed by atoms with Crippen molar-refractivity contribution in [1.29, 1.82) is 0 Å². The number of hydrogen-bond donors (Lipinski definition) is 1. The smallest absolute Gasteiger partial charge is 0.122 e. The largest absolute Gasteiger partial charge is 0.496 e. The molecule has 1 aromatic rings. The van der Waals surface area contributed by atoms with Crippen LogP contribution in [0, 0.1) is 0 Å². The Morgan fingerprint density at radius 1 is 1.16 bits per heavy atom. The number of ether oxygens (including phenoxy) is 1. The minimum Gasteiger partial charge on any atom is -0.496 e. The molecular weight excluding hydrogens is 236 g/mol. The van der Waals surface area contributed by atoms with Gasteiger partial charge in [0.1, 0.15) is 5.75 Å². The molecule has 0 amide bonds. The highest BCUT2D eigenvalue weighted by atomic mass is 16.5. The number of methoxy groups -OCH3 is 1. The summed E-state index contributed by atoms with van der Waals surface area (Å²) in [5, 5.41) is 0. The van der Waals surface area contributed by atoms with Crippen LogP contribution in [0.25, 0.3) is 0 Å². The van der Waals surface area contributed by atoms with E-state index in [1.165, 1.54) is 31.2 Å². The monoisotopic (exact) mass is 262 g/mol. The standard InChI is InChI=1S/C16H26N2O/c1-16(17,18-11-7-3-4-8-12-18)13-14-9-5-6-10-15(14)19-2/h5-6,9-10H,3-4,7-8,11-13,17H2,1-2H3. The van der Waals surface area contributed by atoms with Crippen LogP contribution in [0.4, 0.5) is 0 Å². The Labute approximate surface area is 116 Å². The highest BCUT2D eigenvalue weighted by molar-refractivity contribution is 5.34. The van der Waals surface area contributed by atoms with Gasteiger partial charge in [-0.25, -0.2) is 0 Å². The maximum atomic E-state index is 6.59. The molecule has 1 fully saturated rings. The predicted molar refractivity (Wildman–Crippen MR) is 79.3 cm³/mol. The van der Waals surface area contributed by atoms with Gasteiger partial charge in [-0.2, -0.15) is 0 Å². The van der Waals surface area contributed by atoms with Crippen LogP contribution in [0.3, 0.4) is 0 Å². The first kappa shape index (κ1) is 14.4. The van der Waals surface area contributed by atoms with Crippen molar-refractivity contribution in [2.45, 2.75) is 44.7 Å². The second-order valence-electron chi connectivity index (χ2n) is 5.75. The first-order valence-corrected chi connectivity index (χ1v) is 7.29. The minimum atomic E-state index is -0.293. The van der Waals surface area contributed by atoms with Crippen molar-refractivity contribution < 1.29 is 4.74 Å². The average Bonchev–Trinajstić information content (AvgIpc) is 2.68. The van der Waals surface area contributed by atoms with E-state index in [1.54, 1.807) is 7.11 Å². The molecule has 1 atom stereocenters. The molecule has 2 N–H and O–H groups in total. The van der Waals surface area contributed by atoms with Crippen LogP contribution in [0.15, 0.2) is 24.3 Å². The van der Waals surface area contributed by atoms with Crippen LogP contribution in [0.2, 0.25) is 0 Å². The van der Waals surface area contributed by atoms with Gasteiger partial charge in [0.2, 0.25) is 0 Å². The molecule has 19 heavy (non-hydrogen) atoms. The molecule has 1 aromatic carbocycles. The lowest BCUT2D eigenvalue weighted by Gasteiger charge is -2.38. The second-order valence-corrected chi connectivity index (χ2v) is 5.75. The molecule has 1 unspecified atom stereocenters. The van der Waals surface area contributed by atoms with Crippen molar-refractivity contribution in [2.75, 3.05) is 20.2 Å². The molecular formula is C16H26N2O. The van der Waals surface area contributed by atoms with Gasteiger partial charge in [0.05, 0.1) is 12.8 Å². The first-order valence-electron chi connectivity index (χ1n) is 7.29. The molecule has 3 heteroatoms. The fourth-order valence-corrected chi connectivity index (χ4v) is 2.93. The summed E-state index contributed by atoms with van der Waals surface area (Å²) in [7, 11) is 1.72. The normalized spacial score (nSPS) is 20.6. The molecule has 106 valence electrons. The molecule has 1 saturated heterocycles. The van der Waals surface area contributed by atoms with Gasteiger partial charge < -0.3 is 10.5 Å². The van der Waals surface area contributed by atoms with Gasteiger partial charge >= 0.3 is 0 Å². The number of para-hydroxylation sites is 1. The lowest BCUT2D eigenvalue weighted by molar-refractivity contribution is 0.112. The van der Waals surface area contributed by atoms with Crippen molar-refractivity contribution >= 4 is 0 Å². The second kappa shape index (κ2) is 6.40. The van der Waals surface area contributed by atoms with Crippen LogP contribution in [0.1, 0.15) is 38.2 Å². The minimum absolute atomic E-state index is 0.293. The van der Waals surface area contributed by atoms with E-state index in [-0.39, 0.29) is 5.66 Å². The average molecular weight is 262 g/mol. The quantitative estimate of drug-likeness (QED) is 0.907. The third-order valence-electron chi connectivity index (χ3n) is 4.07. The zero-order chi connectivity index (χ0) is 13.7. The molecule has 0 spiro atoms. The third kappa shape index (κ3) is 3.71. The molecule has 0 radical (unpaired) electrons.